The first-order chi connectivity index (χ1) is 7.70. The third-order valence-corrected chi connectivity index (χ3v) is 3.35. The molecule has 0 aliphatic heterocycles. The van der Waals surface area contributed by atoms with E-state index >= 15 is 0 Å². The molecule has 4 heteroatoms. The fourth-order valence-corrected chi connectivity index (χ4v) is 2.04. The smallest absolute Gasteiger partial charge is 0.101 e. The molecule has 0 bridgehead atoms. The van der Waals surface area contributed by atoms with Crippen LogP contribution in [0.3, 0.4) is 0 Å². The van der Waals surface area contributed by atoms with E-state index < -0.39 is 0 Å². The second-order valence-corrected chi connectivity index (χ2v) is 5.10. The molecule has 1 aliphatic rings. The number of benzene rings is 1. The van der Waals surface area contributed by atoms with Crippen LogP contribution < -0.4 is 11.1 Å². The zero-order valence-corrected chi connectivity index (χ0v) is 10.5. The molecule has 1 aromatic rings. The van der Waals surface area contributed by atoms with E-state index in [1.165, 1.54) is 12.8 Å². The van der Waals surface area contributed by atoms with Gasteiger partial charge in [-0.2, -0.15) is 5.26 Å². The van der Waals surface area contributed by atoms with Gasteiger partial charge in [0, 0.05) is 17.1 Å². The van der Waals surface area contributed by atoms with Crippen molar-refractivity contribution >= 4 is 21.6 Å². The standard InChI is InChI=1S/C12H14BrN3/c13-10-4-3-9(6-14)12(5-10)16-7-11(15)8-1-2-8/h3-5,8,11,16H,1-2,7,15H2. The molecule has 2 rings (SSSR count). The second kappa shape index (κ2) is 4.86. The van der Waals surface area contributed by atoms with Gasteiger partial charge >= 0.3 is 0 Å². The average molecular weight is 280 g/mol. The van der Waals surface area contributed by atoms with Gasteiger partial charge in [-0.1, -0.05) is 15.9 Å². The van der Waals surface area contributed by atoms with E-state index in [0.717, 1.165) is 16.7 Å². The number of anilines is 1. The SMILES string of the molecule is N#Cc1ccc(Br)cc1NCC(N)C1CC1. The van der Waals surface area contributed by atoms with Crippen LogP contribution >= 0.6 is 15.9 Å². The minimum Gasteiger partial charge on any atom is -0.382 e. The van der Waals surface area contributed by atoms with Crippen LogP contribution in [-0.2, 0) is 0 Å². The van der Waals surface area contributed by atoms with Gasteiger partial charge in [-0.3, -0.25) is 0 Å². The first-order valence-corrected chi connectivity index (χ1v) is 6.19. The summed E-state index contributed by atoms with van der Waals surface area (Å²) in [6.45, 7) is 0.732. The molecule has 0 aromatic heterocycles. The molecule has 84 valence electrons. The second-order valence-electron chi connectivity index (χ2n) is 4.18. The predicted octanol–water partition coefficient (Wildman–Crippen LogP) is 2.47. The van der Waals surface area contributed by atoms with Crippen molar-refractivity contribution in [3.05, 3.63) is 28.2 Å². The number of nitrogens with one attached hydrogen (secondary N) is 1. The van der Waals surface area contributed by atoms with Crippen molar-refractivity contribution in [2.24, 2.45) is 11.7 Å². The summed E-state index contributed by atoms with van der Waals surface area (Å²) in [7, 11) is 0. The lowest BCUT2D eigenvalue weighted by atomic mass is 10.1. The summed E-state index contributed by atoms with van der Waals surface area (Å²) in [5.74, 6) is 0.671. The average Bonchev–Trinajstić information content (AvgIpc) is 3.10. The van der Waals surface area contributed by atoms with E-state index in [9.17, 15) is 0 Å². The molecule has 1 aromatic carbocycles. The van der Waals surface area contributed by atoms with Gasteiger partial charge in [-0.15, -0.1) is 0 Å². The Kier molecular flexibility index (Phi) is 3.47. The Bertz CT molecular complexity index is 421. The van der Waals surface area contributed by atoms with Gasteiger partial charge < -0.3 is 11.1 Å². The summed E-state index contributed by atoms with van der Waals surface area (Å²) in [6.07, 6.45) is 2.48. The van der Waals surface area contributed by atoms with Gasteiger partial charge in [0.2, 0.25) is 0 Å². The van der Waals surface area contributed by atoms with Crippen LogP contribution in [0.1, 0.15) is 18.4 Å². The van der Waals surface area contributed by atoms with Gasteiger partial charge in [-0.25, -0.2) is 0 Å². The van der Waals surface area contributed by atoms with Crippen molar-refractivity contribution in [3.63, 3.8) is 0 Å². The summed E-state index contributed by atoms with van der Waals surface area (Å²) in [5, 5.41) is 12.2. The lowest BCUT2D eigenvalue weighted by Gasteiger charge is -2.13. The third kappa shape index (κ3) is 2.75. The minimum absolute atomic E-state index is 0.200. The maximum absolute atomic E-state index is 8.96. The van der Waals surface area contributed by atoms with Gasteiger partial charge in [0.15, 0.2) is 0 Å². The molecule has 1 unspecified atom stereocenters. The molecule has 3 N–H and O–H groups in total. The number of hydrogen-bond donors (Lipinski definition) is 2. The van der Waals surface area contributed by atoms with Crippen molar-refractivity contribution in [3.8, 4) is 6.07 Å². The molecule has 0 saturated heterocycles. The fraction of sp³-hybridized carbons (Fsp3) is 0.417. The molecule has 0 heterocycles. The van der Waals surface area contributed by atoms with E-state index in [1.54, 1.807) is 6.07 Å². The molecule has 0 spiro atoms. The molecular weight excluding hydrogens is 266 g/mol. The maximum Gasteiger partial charge on any atom is 0.101 e. The largest absolute Gasteiger partial charge is 0.382 e. The highest BCUT2D eigenvalue weighted by Crippen LogP contribution is 2.31. The number of hydrogen-bond acceptors (Lipinski definition) is 3. The number of nitrogens with zero attached hydrogens (tertiary/aromatic N) is 1. The topological polar surface area (TPSA) is 61.8 Å². The Morgan fingerprint density at radius 1 is 1.56 bits per heavy atom. The van der Waals surface area contributed by atoms with Crippen LogP contribution in [-0.4, -0.2) is 12.6 Å². The number of halogens is 1. The fourth-order valence-electron chi connectivity index (χ4n) is 1.68. The first kappa shape index (κ1) is 11.4. The normalized spacial score (nSPS) is 16.6. The predicted molar refractivity (Wildman–Crippen MR) is 68.0 cm³/mol. The molecule has 1 fully saturated rings. The Morgan fingerprint density at radius 3 is 2.94 bits per heavy atom. The number of rotatable bonds is 4. The van der Waals surface area contributed by atoms with Gasteiger partial charge in [0.05, 0.1) is 11.3 Å². The zero-order valence-electron chi connectivity index (χ0n) is 8.91. The third-order valence-electron chi connectivity index (χ3n) is 2.86. The molecule has 0 amide bonds. The van der Waals surface area contributed by atoms with E-state index in [2.05, 4.69) is 27.3 Å². The molecule has 3 nitrogen and oxygen atoms in total. The summed E-state index contributed by atoms with van der Waals surface area (Å²) < 4.78 is 0.967. The quantitative estimate of drug-likeness (QED) is 0.890. The summed E-state index contributed by atoms with van der Waals surface area (Å²) >= 11 is 3.39. The highest BCUT2D eigenvalue weighted by atomic mass is 79.9. The van der Waals surface area contributed by atoms with Crippen LogP contribution in [0.25, 0.3) is 0 Å². The van der Waals surface area contributed by atoms with Crippen LogP contribution in [0.2, 0.25) is 0 Å². The summed E-state index contributed by atoms with van der Waals surface area (Å²) in [5.41, 5.74) is 7.51. The first-order valence-electron chi connectivity index (χ1n) is 5.40. The molecular formula is C12H14BrN3. The summed E-state index contributed by atoms with van der Waals surface area (Å²) in [4.78, 5) is 0. The number of nitrogens with two attached hydrogens (primary N) is 1. The van der Waals surface area contributed by atoms with Crippen molar-refractivity contribution in [2.75, 3.05) is 11.9 Å². The van der Waals surface area contributed by atoms with Crippen molar-refractivity contribution in [2.45, 2.75) is 18.9 Å². The van der Waals surface area contributed by atoms with Gasteiger partial charge in [-0.05, 0) is 37.0 Å². The Morgan fingerprint density at radius 2 is 2.31 bits per heavy atom. The van der Waals surface area contributed by atoms with Crippen molar-refractivity contribution in [1.82, 2.24) is 0 Å². The maximum atomic E-state index is 8.96. The molecule has 1 saturated carbocycles. The van der Waals surface area contributed by atoms with Crippen LogP contribution in [0.15, 0.2) is 22.7 Å². The Balaban J connectivity index is 2.02. The van der Waals surface area contributed by atoms with Crippen molar-refractivity contribution < 1.29 is 0 Å². The van der Waals surface area contributed by atoms with Crippen LogP contribution in [0.5, 0.6) is 0 Å². The summed E-state index contributed by atoms with van der Waals surface area (Å²) in [6, 6.07) is 7.95. The highest BCUT2D eigenvalue weighted by molar-refractivity contribution is 9.10. The highest BCUT2D eigenvalue weighted by Gasteiger charge is 2.28. The number of nitriles is 1. The monoisotopic (exact) mass is 279 g/mol. The van der Waals surface area contributed by atoms with Gasteiger partial charge in [0.25, 0.3) is 0 Å². The lowest BCUT2D eigenvalue weighted by molar-refractivity contribution is 0.621. The van der Waals surface area contributed by atoms with Crippen LogP contribution in [0, 0.1) is 17.2 Å². The Labute approximate surface area is 104 Å². The van der Waals surface area contributed by atoms with Crippen molar-refractivity contribution in [1.29, 1.82) is 5.26 Å². The molecule has 16 heavy (non-hydrogen) atoms. The minimum atomic E-state index is 0.200. The van der Waals surface area contributed by atoms with Crippen LogP contribution in [0.4, 0.5) is 5.69 Å². The molecule has 0 radical (unpaired) electrons. The molecule has 1 atom stereocenters. The Hall–Kier alpha value is -1.05. The zero-order chi connectivity index (χ0) is 11.5. The van der Waals surface area contributed by atoms with E-state index in [-0.39, 0.29) is 6.04 Å². The van der Waals surface area contributed by atoms with Gasteiger partial charge in [0.1, 0.15) is 6.07 Å². The lowest BCUT2D eigenvalue weighted by Crippen LogP contribution is -2.31. The molecule has 1 aliphatic carbocycles. The van der Waals surface area contributed by atoms with E-state index in [4.69, 9.17) is 11.0 Å². The van der Waals surface area contributed by atoms with E-state index in [1.807, 2.05) is 12.1 Å². The van der Waals surface area contributed by atoms with E-state index in [0.29, 0.717) is 11.5 Å².